The zero-order valence-electron chi connectivity index (χ0n) is 6.70. The van der Waals surface area contributed by atoms with Gasteiger partial charge in [-0.25, -0.2) is 0 Å². The lowest BCUT2D eigenvalue weighted by Gasteiger charge is -2.15. The van der Waals surface area contributed by atoms with E-state index in [0.717, 1.165) is 6.08 Å². The molecule has 1 nitrogen and oxygen atoms in total. The summed E-state index contributed by atoms with van der Waals surface area (Å²) in [6.07, 6.45) is -0.704. The molecule has 0 saturated heterocycles. The lowest BCUT2D eigenvalue weighted by molar-refractivity contribution is -0.0887. The molecule has 0 spiro atoms. The van der Waals surface area contributed by atoms with Crippen LogP contribution in [-0.2, 0) is 0 Å². The Morgan fingerprint density at radius 2 is 2.08 bits per heavy atom. The number of halogens is 3. The van der Waals surface area contributed by atoms with Crippen molar-refractivity contribution in [3.63, 3.8) is 0 Å². The molecular weight excluding hydrogens is 167 g/mol. The molecule has 0 bridgehead atoms. The van der Waals surface area contributed by atoms with Crippen molar-refractivity contribution in [3.8, 4) is 0 Å². The second kappa shape index (κ2) is 3.21. The van der Waals surface area contributed by atoms with Crippen LogP contribution in [0.1, 0.15) is 12.8 Å². The van der Waals surface area contributed by atoms with Crippen LogP contribution in [-0.4, -0.2) is 13.2 Å². The third-order valence-electron chi connectivity index (χ3n) is 1.76. The van der Waals surface area contributed by atoms with Gasteiger partial charge in [0.2, 0.25) is 0 Å². The summed E-state index contributed by atoms with van der Waals surface area (Å²) in [5, 5.41) is 2.73. The van der Waals surface area contributed by atoms with Crippen molar-refractivity contribution in [2.24, 2.45) is 0 Å². The molecule has 0 saturated carbocycles. The summed E-state index contributed by atoms with van der Waals surface area (Å²) in [5.74, 6) is 0. The average Bonchev–Trinajstić information content (AvgIpc) is 2.03. The van der Waals surface area contributed by atoms with Gasteiger partial charge in [-0.05, 0) is 18.9 Å². The van der Waals surface area contributed by atoms with Crippen molar-refractivity contribution in [1.29, 1.82) is 0 Å². The van der Waals surface area contributed by atoms with Crippen LogP contribution in [0.5, 0.6) is 0 Å². The molecule has 1 aliphatic rings. The minimum Gasteiger partial charge on any atom is -0.391 e. The lowest BCUT2D eigenvalue weighted by atomic mass is 10.0. The van der Waals surface area contributed by atoms with Gasteiger partial charge >= 0.3 is 6.18 Å². The molecule has 1 N–H and O–H groups in total. The number of hydrogen-bond acceptors (Lipinski definition) is 1. The molecule has 1 aliphatic carbocycles. The lowest BCUT2D eigenvalue weighted by Crippen LogP contribution is -2.16. The molecule has 0 aromatic carbocycles. The first-order chi connectivity index (χ1) is 5.54. The van der Waals surface area contributed by atoms with Gasteiger partial charge in [-0.15, -0.1) is 0 Å². The normalized spacial score (nSPS) is 18.3. The summed E-state index contributed by atoms with van der Waals surface area (Å²) in [5.41, 5.74) is 0.0999. The summed E-state index contributed by atoms with van der Waals surface area (Å²) in [6.45, 7) is 0. The van der Waals surface area contributed by atoms with Gasteiger partial charge in [0.15, 0.2) is 0 Å². The minimum absolute atomic E-state index is 0.460. The van der Waals surface area contributed by atoms with Crippen LogP contribution in [0.2, 0.25) is 0 Å². The van der Waals surface area contributed by atoms with Crippen molar-refractivity contribution in [1.82, 2.24) is 5.32 Å². The van der Waals surface area contributed by atoms with E-state index in [0.29, 0.717) is 18.5 Å². The molecule has 0 fully saturated rings. The Morgan fingerprint density at radius 1 is 1.42 bits per heavy atom. The van der Waals surface area contributed by atoms with E-state index >= 15 is 0 Å². The number of rotatable bonds is 1. The Kier molecular flexibility index (Phi) is 2.45. The van der Waals surface area contributed by atoms with Gasteiger partial charge in [-0.1, -0.05) is 6.08 Å². The molecule has 0 aliphatic heterocycles. The Morgan fingerprint density at radius 3 is 2.58 bits per heavy atom. The topological polar surface area (TPSA) is 12.0 Å². The fourth-order valence-corrected chi connectivity index (χ4v) is 1.10. The summed E-state index contributed by atoms with van der Waals surface area (Å²) in [7, 11) is 1.63. The molecule has 0 aromatic heterocycles. The summed E-state index contributed by atoms with van der Waals surface area (Å²) < 4.78 is 36.3. The maximum Gasteiger partial charge on any atom is 0.416 e. The average molecular weight is 177 g/mol. The quantitative estimate of drug-likeness (QED) is 0.648. The van der Waals surface area contributed by atoms with Gasteiger partial charge in [-0.3, -0.25) is 0 Å². The molecule has 0 aromatic rings. The Bertz CT molecular complexity index is 225. The standard InChI is InChI=1S/C8H10F3N/c1-12-7-4-2-3-6(5-7)8(9,10)11/h3,5,12H,2,4H2,1H3. The fraction of sp³-hybridized carbons (Fsp3) is 0.500. The number of allylic oxidation sites excluding steroid dienone is 4. The van der Waals surface area contributed by atoms with Gasteiger partial charge < -0.3 is 5.32 Å². The van der Waals surface area contributed by atoms with E-state index in [1.165, 1.54) is 6.08 Å². The van der Waals surface area contributed by atoms with Gasteiger partial charge in [-0.2, -0.15) is 13.2 Å². The van der Waals surface area contributed by atoms with E-state index in [1.807, 2.05) is 0 Å². The van der Waals surface area contributed by atoms with Crippen molar-refractivity contribution >= 4 is 0 Å². The van der Waals surface area contributed by atoms with Crippen LogP contribution in [0.15, 0.2) is 23.4 Å². The van der Waals surface area contributed by atoms with Crippen molar-refractivity contribution < 1.29 is 13.2 Å². The first-order valence-electron chi connectivity index (χ1n) is 3.69. The molecule has 1 rings (SSSR count). The molecule has 0 heterocycles. The fourth-order valence-electron chi connectivity index (χ4n) is 1.10. The molecule has 12 heavy (non-hydrogen) atoms. The highest BCUT2D eigenvalue weighted by atomic mass is 19.4. The Labute approximate surface area is 69.0 Å². The van der Waals surface area contributed by atoms with E-state index < -0.39 is 11.7 Å². The second-order valence-electron chi connectivity index (χ2n) is 2.62. The zero-order valence-corrected chi connectivity index (χ0v) is 6.70. The molecular formula is C8H10F3N. The van der Waals surface area contributed by atoms with Gasteiger partial charge in [0, 0.05) is 12.7 Å². The van der Waals surface area contributed by atoms with Crippen LogP contribution in [0.25, 0.3) is 0 Å². The van der Waals surface area contributed by atoms with Gasteiger partial charge in [0.25, 0.3) is 0 Å². The first kappa shape index (κ1) is 9.16. The molecule has 0 atom stereocenters. The number of alkyl halides is 3. The molecule has 4 heteroatoms. The van der Waals surface area contributed by atoms with Crippen LogP contribution in [0.4, 0.5) is 13.2 Å². The van der Waals surface area contributed by atoms with Crippen molar-refractivity contribution in [2.45, 2.75) is 19.0 Å². The maximum absolute atomic E-state index is 12.1. The highest BCUT2D eigenvalue weighted by Gasteiger charge is 2.32. The Hall–Kier alpha value is -0.930. The number of hydrogen-bond donors (Lipinski definition) is 1. The van der Waals surface area contributed by atoms with Gasteiger partial charge in [0.05, 0.1) is 5.57 Å². The van der Waals surface area contributed by atoms with E-state index in [-0.39, 0.29) is 0 Å². The zero-order chi connectivity index (χ0) is 9.19. The maximum atomic E-state index is 12.1. The van der Waals surface area contributed by atoms with Crippen LogP contribution < -0.4 is 5.32 Å². The highest BCUT2D eigenvalue weighted by Crippen LogP contribution is 2.30. The molecule has 0 amide bonds. The largest absolute Gasteiger partial charge is 0.416 e. The third kappa shape index (κ3) is 2.03. The van der Waals surface area contributed by atoms with Crippen LogP contribution >= 0.6 is 0 Å². The smallest absolute Gasteiger partial charge is 0.391 e. The highest BCUT2D eigenvalue weighted by molar-refractivity contribution is 5.30. The van der Waals surface area contributed by atoms with E-state index in [4.69, 9.17) is 0 Å². The minimum atomic E-state index is -4.21. The van der Waals surface area contributed by atoms with Crippen molar-refractivity contribution in [2.75, 3.05) is 7.05 Å². The van der Waals surface area contributed by atoms with Crippen LogP contribution in [0.3, 0.4) is 0 Å². The Balaban J connectivity index is 2.80. The predicted octanol–water partition coefficient (Wildman–Crippen LogP) is 2.37. The third-order valence-corrected chi connectivity index (χ3v) is 1.76. The summed E-state index contributed by atoms with van der Waals surface area (Å²) in [4.78, 5) is 0. The molecule has 68 valence electrons. The summed E-state index contributed by atoms with van der Waals surface area (Å²) >= 11 is 0. The SMILES string of the molecule is CNC1=CC(C(F)(F)F)=CCC1. The monoisotopic (exact) mass is 177 g/mol. The molecule has 0 unspecified atom stereocenters. The second-order valence-corrected chi connectivity index (χ2v) is 2.62. The first-order valence-corrected chi connectivity index (χ1v) is 3.69. The summed E-state index contributed by atoms with van der Waals surface area (Å²) in [6, 6.07) is 0. The van der Waals surface area contributed by atoms with E-state index in [1.54, 1.807) is 7.05 Å². The van der Waals surface area contributed by atoms with E-state index in [9.17, 15) is 13.2 Å². The van der Waals surface area contributed by atoms with Gasteiger partial charge in [0.1, 0.15) is 0 Å². The predicted molar refractivity (Wildman–Crippen MR) is 40.5 cm³/mol. The number of nitrogens with one attached hydrogen (secondary N) is 1. The molecule has 0 radical (unpaired) electrons. The van der Waals surface area contributed by atoms with E-state index in [2.05, 4.69) is 5.32 Å². The van der Waals surface area contributed by atoms with Crippen LogP contribution in [0, 0.1) is 0 Å². The van der Waals surface area contributed by atoms with Crippen molar-refractivity contribution in [3.05, 3.63) is 23.4 Å².